The van der Waals surface area contributed by atoms with E-state index >= 15 is 0 Å². The first-order valence-corrected chi connectivity index (χ1v) is 8.21. The van der Waals surface area contributed by atoms with Gasteiger partial charge in [0.15, 0.2) is 0 Å². The third kappa shape index (κ3) is 3.48. The molecule has 2 rings (SSSR count). The monoisotopic (exact) mass is 294 g/mol. The van der Waals surface area contributed by atoms with Crippen LogP contribution in [0.1, 0.15) is 45.6 Å². The van der Waals surface area contributed by atoms with Crippen molar-refractivity contribution in [2.24, 2.45) is 11.7 Å². The molecule has 0 aromatic heterocycles. The molecule has 1 aliphatic rings. The highest BCUT2D eigenvalue weighted by Crippen LogP contribution is 2.34. The van der Waals surface area contributed by atoms with Crippen molar-refractivity contribution in [3.63, 3.8) is 0 Å². The molecule has 0 saturated carbocycles. The molecular weight excluding hydrogens is 268 g/mol. The Hall–Kier alpha value is -0.730. The van der Waals surface area contributed by atoms with Gasteiger partial charge in [-0.3, -0.25) is 0 Å². The normalized spacial score (nSPS) is 20.7. The maximum absolute atomic E-state index is 6.24. The maximum atomic E-state index is 6.24. The minimum absolute atomic E-state index is 0.232. The van der Waals surface area contributed by atoms with Gasteiger partial charge in [0.05, 0.1) is 0 Å². The van der Waals surface area contributed by atoms with E-state index in [2.05, 4.69) is 37.8 Å². The molecule has 1 fully saturated rings. The zero-order valence-electron chi connectivity index (χ0n) is 12.9. The standard InChI is InChI=1S/C17H27ClN2/c1-4-15(19)10-13-7-8-14(18)11-17(13)20-9-5-6-16(20)12(2)3/h7-8,11-12,15-16H,4-6,9-10,19H2,1-3H3. The van der Waals surface area contributed by atoms with Gasteiger partial charge in [-0.2, -0.15) is 0 Å². The van der Waals surface area contributed by atoms with E-state index in [1.54, 1.807) is 0 Å². The molecule has 1 saturated heterocycles. The van der Waals surface area contributed by atoms with Crippen molar-refractivity contribution in [3.05, 3.63) is 28.8 Å². The SMILES string of the molecule is CCC(N)Cc1ccc(Cl)cc1N1CCCC1C(C)C. The number of nitrogens with zero attached hydrogens (tertiary/aromatic N) is 1. The lowest BCUT2D eigenvalue weighted by molar-refractivity contribution is 0.490. The van der Waals surface area contributed by atoms with Gasteiger partial charge in [-0.1, -0.05) is 38.4 Å². The maximum Gasteiger partial charge on any atom is 0.0426 e. The largest absolute Gasteiger partial charge is 0.368 e. The topological polar surface area (TPSA) is 29.3 Å². The van der Waals surface area contributed by atoms with Gasteiger partial charge in [-0.25, -0.2) is 0 Å². The van der Waals surface area contributed by atoms with Crippen LogP contribution < -0.4 is 10.6 Å². The number of hydrogen-bond acceptors (Lipinski definition) is 2. The average molecular weight is 295 g/mol. The molecule has 1 aliphatic heterocycles. The molecule has 0 spiro atoms. The van der Waals surface area contributed by atoms with Crippen molar-refractivity contribution < 1.29 is 0 Å². The van der Waals surface area contributed by atoms with Gasteiger partial charge in [0.2, 0.25) is 0 Å². The summed E-state index contributed by atoms with van der Waals surface area (Å²) in [6.45, 7) is 7.90. The molecule has 2 unspecified atom stereocenters. The lowest BCUT2D eigenvalue weighted by Crippen LogP contribution is -2.34. The van der Waals surface area contributed by atoms with E-state index < -0.39 is 0 Å². The molecule has 0 bridgehead atoms. The third-order valence-corrected chi connectivity index (χ3v) is 4.67. The Bertz CT molecular complexity index is 445. The molecule has 2 N–H and O–H groups in total. The lowest BCUT2D eigenvalue weighted by atomic mass is 9.98. The van der Waals surface area contributed by atoms with Crippen LogP contribution in [0.2, 0.25) is 5.02 Å². The molecule has 1 aromatic carbocycles. The van der Waals surface area contributed by atoms with Gasteiger partial charge < -0.3 is 10.6 Å². The molecule has 1 aromatic rings. The molecule has 0 radical (unpaired) electrons. The Kier molecular flexibility index (Phi) is 5.34. The summed E-state index contributed by atoms with van der Waals surface area (Å²) in [7, 11) is 0. The Morgan fingerprint density at radius 1 is 1.40 bits per heavy atom. The first kappa shape index (κ1) is 15.7. The summed E-state index contributed by atoms with van der Waals surface area (Å²) in [5.41, 5.74) is 8.80. The highest BCUT2D eigenvalue weighted by Gasteiger charge is 2.28. The Balaban J connectivity index is 2.31. The van der Waals surface area contributed by atoms with E-state index in [9.17, 15) is 0 Å². The van der Waals surface area contributed by atoms with E-state index in [4.69, 9.17) is 17.3 Å². The number of hydrogen-bond donors (Lipinski definition) is 1. The van der Waals surface area contributed by atoms with E-state index in [1.165, 1.54) is 24.1 Å². The second kappa shape index (κ2) is 6.82. The van der Waals surface area contributed by atoms with E-state index in [0.717, 1.165) is 24.4 Å². The fourth-order valence-electron chi connectivity index (χ4n) is 3.19. The van der Waals surface area contributed by atoms with Crippen LogP contribution >= 0.6 is 11.6 Å². The van der Waals surface area contributed by atoms with Crippen molar-refractivity contribution in [1.29, 1.82) is 0 Å². The smallest absolute Gasteiger partial charge is 0.0426 e. The number of halogens is 1. The van der Waals surface area contributed by atoms with Crippen molar-refractivity contribution in [2.45, 2.75) is 58.5 Å². The van der Waals surface area contributed by atoms with Gasteiger partial charge in [-0.15, -0.1) is 0 Å². The predicted molar refractivity (Wildman–Crippen MR) is 88.6 cm³/mol. The number of benzene rings is 1. The zero-order valence-corrected chi connectivity index (χ0v) is 13.7. The van der Waals surface area contributed by atoms with Crippen molar-refractivity contribution in [1.82, 2.24) is 0 Å². The summed E-state index contributed by atoms with van der Waals surface area (Å²) in [5, 5.41) is 0.822. The van der Waals surface area contributed by atoms with Gasteiger partial charge >= 0.3 is 0 Å². The summed E-state index contributed by atoms with van der Waals surface area (Å²) in [4.78, 5) is 2.55. The molecule has 2 nitrogen and oxygen atoms in total. The van der Waals surface area contributed by atoms with Crippen molar-refractivity contribution >= 4 is 17.3 Å². The van der Waals surface area contributed by atoms with Crippen LogP contribution in [0, 0.1) is 5.92 Å². The summed E-state index contributed by atoms with van der Waals surface area (Å²) < 4.78 is 0. The third-order valence-electron chi connectivity index (χ3n) is 4.43. The first-order valence-electron chi connectivity index (χ1n) is 7.83. The second-order valence-corrected chi connectivity index (χ2v) is 6.73. The zero-order chi connectivity index (χ0) is 14.7. The summed E-state index contributed by atoms with van der Waals surface area (Å²) in [5.74, 6) is 0.671. The predicted octanol–water partition coefficient (Wildman–Crippen LogP) is 4.24. The molecule has 0 aliphatic carbocycles. The molecular formula is C17H27ClN2. The quantitative estimate of drug-likeness (QED) is 0.880. The highest BCUT2D eigenvalue weighted by atomic mass is 35.5. The molecule has 0 amide bonds. The molecule has 2 atom stereocenters. The summed E-state index contributed by atoms with van der Waals surface area (Å²) >= 11 is 6.24. The van der Waals surface area contributed by atoms with Crippen LogP contribution in [0.25, 0.3) is 0 Å². The number of rotatable bonds is 5. The van der Waals surface area contributed by atoms with E-state index in [0.29, 0.717) is 12.0 Å². The van der Waals surface area contributed by atoms with Crippen LogP contribution in [-0.4, -0.2) is 18.6 Å². The fraction of sp³-hybridized carbons (Fsp3) is 0.647. The molecule has 112 valence electrons. The van der Waals surface area contributed by atoms with Gasteiger partial charge in [-0.05, 0) is 49.3 Å². The van der Waals surface area contributed by atoms with Crippen molar-refractivity contribution in [2.75, 3.05) is 11.4 Å². The fourth-order valence-corrected chi connectivity index (χ4v) is 3.35. The molecule has 20 heavy (non-hydrogen) atoms. The molecule has 3 heteroatoms. The summed E-state index contributed by atoms with van der Waals surface area (Å²) in [6, 6.07) is 7.13. The Morgan fingerprint density at radius 2 is 2.15 bits per heavy atom. The highest BCUT2D eigenvalue weighted by molar-refractivity contribution is 6.30. The van der Waals surface area contributed by atoms with Crippen LogP contribution in [-0.2, 0) is 6.42 Å². The Morgan fingerprint density at radius 3 is 2.80 bits per heavy atom. The minimum atomic E-state index is 0.232. The first-order chi connectivity index (χ1) is 9.52. The van der Waals surface area contributed by atoms with Crippen LogP contribution in [0.5, 0.6) is 0 Å². The van der Waals surface area contributed by atoms with Crippen LogP contribution in [0.15, 0.2) is 18.2 Å². The summed E-state index contributed by atoms with van der Waals surface area (Å²) in [6.07, 6.45) is 4.50. The minimum Gasteiger partial charge on any atom is -0.368 e. The Labute approximate surface area is 128 Å². The van der Waals surface area contributed by atoms with Crippen LogP contribution in [0.4, 0.5) is 5.69 Å². The second-order valence-electron chi connectivity index (χ2n) is 6.29. The average Bonchev–Trinajstić information content (AvgIpc) is 2.90. The number of nitrogens with two attached hydrogens (primary N) is 1. The van der Waals surface area contributed by atoms with Gasteiger partial charge in [0.1, 0.15) is 0 Å². The van der Waals surface area contributed by atoms with Gasteiger partial charge in [0.25, 0.3) is 0 Å². The van der Waals surface area contributed by atoms with E-state index in [-0.39, 0.29) is 6.04 Å². The number of anilines is 1. The van der Waals surface area contributed by atoms with Crippen molar-refractivity contribution in [3.8, 4) is 0 Å². The molecule has 1 heterocycles. The van der Waals surface area contributed by atoms with Gasteiger partial charge in [0, 0.05) is 29.3 Å². The van der Waals surface area contributed by atoms with E-state index in [1.807, 2.05) is 6.07 Å². The van der Waals surface area contributed by atoms with Crippen LogP contribution in [0.3, 0.4) is 0 Å². The lowest BCUT2D eigenvalue weighted by Gasteiger charge is -2.32.